The minimum Gasteiger partial charge on any atom is -0.377 e. The molecule has 0 saturated carbocycles. The number of hydrogen-bond acceptors (Lipinski definition) is 2. The number of rotatable bonds is 7. The molecule has 0 radical (unpaired) electrons. The van der Waals surface area contributed by atoms with Crippen LogP contribution < -0.4 is 5.32 Å². The molecule has 0 heterocycles. The lowest BCUT2D eigenvalue weighted by Crippen LogP contribution is -2.25. The highest BCUT2D eigenvalue weighted by Gasteiger charge is 2.08. The molecule has 0 aliphatic rings. The second-order valence-electron chi connectivity index (χ2n) is 4.39. The molecule has 17 heavy (non-hydrogen) atoms. The van der Waals surface area contributed by atoms with Gasteiger partial charge in [0.1, 0.15) is 0 Å². The topological polar surface area (TPSA) is 21.3 Å². The minimum absolute atomic E-state index is 0.308. The molecular formula is C14H22BrNO. The van der Waals surface area contributed by atoms with Gasteiger partial charge in [-0.1, -0.05) is 35.0 Å². The monoisotopic (exact) mass is 299 g/mol. The van der Waals surface area contributed by atoms with Crippen molar-refractivity contribution in [1.29, 1.82) is 0 Å². The molecule has 96 valence electrons. The SMILES string of the molecule is CCC(NCCOC(C)C)c1cccc(Br)c1. The largest absolute Gasteiger partial charge is 0.377 e. The second-order valence-corrected chi connectivity index (χ2v) is 5.31. The molecule has 0 saturated heterocycles. The molecule has 0 fully saturated rings. The highest BCUT2D eigenvalue weighted by atomic mass is 79.9. The molecule has 1 rings (SSSR count). The Morgan fingerprint density at radius 1 is 1.35 bits per heavy atom. The van der Waals surface area contributed by atoms with Gasteiger partial charge in [-0.25, -0.2) is 0 Å². The summed E-state index contributed by atoms with van der Waals surface area (Å²) in [5.41, 5.74) is 1.33. The maximum atomic E-state index is 5.52. The van der Waals surface area contributed by atoms with Gasteiger partial charge in [0.25, 0.3) is 0 Å². The van der Waals surface area contributed by atoms with Gasteiger partial charge in [0.15, 0.2) is 0 Å². The Bertz CT molecular complexity index is 328. The average Bonchev–Trinajstić information content (AvgIpc) is 2.29. The van der Waals surface area contributed by atoms with Crippen molar-refractivity contribution in [1.82, 2.24) is 5.32 Å². The molecule has 2 nitrogen and oxygen atoms in total. The number of halogens is 1. The Morgan fingerprint density at radius 2 is 2.12 bits per heavy atom. The van der Waals surface area contributed by atoms with Crippen LogP contribution in [0.2, 0.25) is 0 Å². The molecule has 3 heteroatoms. The summed E-state index contributed by atoms with van der Waals surface area (Å²) >= 11 is 3.51. The molecule has 0 spiro atoms. The van der Waals surface area contributed by atoms with E-state index >= 15 is 0 Å². The molecule has 1 aromatic carbocycles. The predicted octanol–water partition coefficient (Wildman–Crippen LogP) is 3.91. The van der Waals surface area contributed by atoms with Crippen molar-refractivity contribution >= 4 is 15.9 Å². The van der Waals surface area contributed by atoms with E-state index in [2.05, 4.69) is 66.3 Å². The van der Waals surface area contributed by atoms with Crippen molar-refractivity contribution in [3.63, 3.8) is 0 Å². The molecule has 0 bridgehead atoms. The van der Waals surface area contributed by atoms with Crippen molar-refractivity contribution in [2.75, 3.05) is 13.2 Å². The van der Waals surface area contributed by atoms with Crippen LogP contribution in [0.3, 0.4) is 0 Å². The lowest BCUT2D eigenvalue weighted by molar-refractivity contribution is 0.0792. The zero-order valence-electron chi connectivity index (χ0n) is 10.9. The zero-order chi connectivity index (χ0) is 12.7. The van der Waals surface area contributed by atoms with E-state index in [-0.39, 0.29) is 0 Å². The predicted molar refractivity (Wildman–Crippen MR) is 76.3 cm³/mol. The van der Waals surface area contributed by atoms with Crippen molar-refractivity contribution in [3.8, 4) is 0 Å². The zero-order valence-corrected chi connectivity index (χ0v) is 12.5. The first-order valence-electron chi connectivity index (χ1n) is 6.24. The van der Waals surface area contributed by atoms with Gasteiger partial charge in [0.2, 0.25) is 0 Å². The van der Waals surface area contributed by atoms with E-state index in [1.807, 2.05) is 0 Å². The van der Waals surface area contributed by atoms with Crippen molar-refractivity contribution in [2.45, 2.75) is 39.3 Å². The summed E-state index contributed by atoms with van der Waals surface area (Å²) in [6.45, 7) is 7.98. The van der Waals surface area contributed by atoms with E-state index in [9.17, 15) is 0 Å². The van der Waals surface area contributed by atoms with Crippen LogP contribution in [0, 0.1) is 0 Å². The van der Waals surface area contributed by atoms with Gasteiger partial charge < -0.3 is 10.1 Å². The maximum absolute atomic E-state index is 5.52. The van der Waals surface area contributed by atoms with Gasteiger partial charge in [-0.15, -0.1) is 0 Å². The molecule has 1 atom stereocenters. The van der Waals surface area contributed by atoms with Crippen molar-refractivity contribution in [3.05, 3.63) is 34.3 Å². The van der Waals surface area contributed by atoms with Crippen LogP contribution in [0.4, 0.5) is 0 Å². The quantitative estimate of drug-likeness (QED) is 0.771. The maximum Gasteiger partial charge on any atom is 0.0594 e. The fraction of sp³-hybridized carbons (Fsp3) is 0.571. The fourth-order valence-corrected chi connectivity index (χ4v) is 2.17. The Morgan fingerprint density at radius 3 is 2.71 bits per heavy atom. The number of nitrogens with one attached hydrogen (secondary N) is 1. The Kier molecular flexibility index (Phi) is 6.78. The van der Waals surface area contributed by atoms with E-state index in [0.29, 0.717) is 12.1 Å². The second kappa shape index (κ2) is 7.85. The molecule has 0 aliphatic carbocycles. The Labute approximate surface area is 113 Å². The normalized spacial score (nSPS) is 13.0. The first-order chi connectivity index (χ1) is 8.13. The molecule has 1 N–H and O–H groups in total. The van der Waals surface area contributed by atoms with Crippen LogP contribution >= 0.6 is 15.9 Å². The lowest BCUT2D eigenvalue weighted by atomic mass is 10.0. The van der Waals surface area contributed by atoms with Gasteiger partial charge in [-0.3, -0.25) is 0 Å². The summed E-state index contributed by atoms with van der Waals surface area (Å²) in [5.74, 6) is 0. The van der Waals surface area contributed by atoms with Crippen LogP contribution in [0.15, 0.2) is 28.7 Å². The van der Waals surface area contributed by atoms with Crippen molar-refractivity contribution < 1.29 is 4.74 Å². The number of benzene rings is 1. The fourth-order valence-electron chi connectivity index (χ4n) is 1.75. The molecule has 0 amide bonds. The first kappa shape index (κ1) is 14.7. The molecular weight excluding hydrogens is 278 g/mol. The van der Waals surface area contributed by atoms with Gasteiger partial charge in [-0.05, 0) is 38.0 Å². The van der Waals surface area contributed by atoms with E-state index in [1.165, 1.54) is 5.56 Å². The minimum atomic E-state index is 0.308. The average molecular weight is 300 g/mol. The highest BCUT2D eigenvalue weighted by molar-refractivity contribution is 9.10. The van der Waals surface area contributed by atoms with Crippen LogP contribution in [0.5, 0.6) is 0 Å². The summed E-state index contributed by atoms with van der Waals surface area (Å²) in [5, 5.41) is 3.52. The smallest absolute Gasteiger partial charge is 0.0594 e. The van der Waals surface area contributed by atoms with Gasteiger partial charge in [0.05, 0.1) is 12.7 Å². The Hall–Kier alpha value is -0.380. The highest BCUT2D eigenvalue weighted by Crippen LogP contribution is 2.20. The third-order valence-corrected chi connectivity index (χ3v) is 3.10. The van der Waals surface area contributed by atoms with Crippen molar-refractivity contribution in [2.24, 2.45) is 0 Å². The molecule has 1 aromatic rings. The van der Waals surface area contributed by atoms with E-state index in [0.717, 1.165) is 24.0 Å². The van der Waals surface area contributed by atoms with Crippen LogP contribution in [-0.2, 0) is 4.74 Å². The molecule has 0 aliphatic heterocycles. The summed E-state index contributed by atoms with van der Waals surface area (Å²) in [6.07, 6.45) is 1.39. The summed E-state index contributed by atoms with van der Waals surface area (Å²) in [7, 11) is 0. The Balaban J connectivity index is 2.43. The summed E-state index contributed by atoms with van der Waals surface area (Å²) < 4.78 is 6.66. The number of ether oxygens (including phenoxy) is 1. The molecule has 0 aromatic heterocycles. The van der Waals surface area contributed by atoms with E-state index in [1.54, 1.807) is 0 Å². The third-order valence-electron chi connectivity index (χ3n) is 2.60. The standard InChI is InChI=1S/C14H22BrNO/c1-4-14(16-8-9-17-11(2)3)12-6-5-7-13(15)10-12/h5-7,10-11,14,16H,4,8-9H2,1-3H3. The first-order valence-corrected chi connectivity index (χ1v) is 7.03. The van der Waals surface area contributed by atoms with Gasteiger partial charge >= 0.3 is 0 Å². The third kappa shape index (κ3) is 5.66. The van der Waals surface area contributed by atoms with Crippen LogP contribution in [-0.4, -0.2) is 19.3 Å². The van der Waals surface area contributed by atoms with Crippen LogP contribution in [0.1, 0.15) is 38.8 Å². The van der Waals surface area contributed by atoms with E-state index < -0.39 is 0 Å². The number of hydrogen-bond donors (Lipinski definition) is 1. The lowest BCUT2D eigenvalue weighted by Gasteiger charge is -2.18. The van der Waals surface area contributed by atoms with Gasteiger partial charge in [0, 0.05) is 17.1 Å². The summed E-state index contributed by atoms with van der Waals surface area (Å²) in [4.78, 5) is 0. The van der Waals surface area contributed by atoms with Crippen LogP contribution in [0.25, 0.3) is 0 Å². The molecule has 1 unspecified atom stereocenters. The summed E-state index contributed by atoms with van der Waals surface area (Å²) in [6, 6.07) is 8.87. The van der Waals surface area contributed by atoms with E-state index in [4.69, 9.17) is 4.74 Å². The van der Waals surface area contributed by atoms with Gasteiger partial charge in [-0.2, -0.15) is 0 Å².